The van der Waals surface area contributed by atoms with E-state index in [1.807, 2.05) is 18.2 Å². The molecule has 1 N–H and O–H groups in total. The van der Waals surface area contributed by atoms with Crippen LogP contribution in [0.3, 0.4) is 0 Å². The fourth-order valence-electron chi connectivity index (χ4n) is 4.28. The Labute approximate surface area is 187 Å². The van der Waals surface area contributed by atoms with Crippen LogP contribution in [0, 0.1) is 11.3 Å². The maximum absolute atomic E-state index is 10.1. The lowest BCUT2D eigenvalue weighted by atomic mass is 9.92. The van der Waals surface area contributed by atoms with Gasteiger partial charge in [0.05, 0.1) is 16.8 Å². The van der Waals surface area contributed by atoms with Crippen LogP contribution >= 0.6 is 0 Å². The zero-order valence-electron chi connectivity index (χ0n) is 18.2. The summed E-state index contributed by atoms with van der Waals surface area (Å²) in [5.41, 5.74) is 4.83. The van der Waals surface area contributed by atoms with Gasteiger partial charge in [-0.2, -0.15) is 5.26 Å². The van der Waals surface area contributed by atoms with E-state index in [-0.39, 0.29) is 0 Å². The molecule has 1 saturated carbocycles. The summed E-state index contributed by atoms with van der Waals surface area (Å²) in [4.78, 5) is 8.31. The molecule has 2 aromatic carbocycles. The predicted octanol–water partition coefficient (Wildman–Crippen LogP) is 6.31. The first-order chi connectivity index (χ1) is 15.6. The Morgan fingerprint density at radius 3 is 2.47 bits per heavy atom. The first-order valence-electron chi connectivity index (χ1n) is 11.0. The van der Waals surface area contributed by atoms with Gasteiger partial charge in [0.1, 0.15) is 11.8 Å². The molecule has 0 radical (unpaired) electrons. The summed E-state index contributed by atoms with van der Waals surface area (Å²) in [5, 5.41) is 14.5. The van der Waals surface area contributed by atoms with Crippen LogP contribution in [0.2, 0.25) is 0 Å². The summed E-state index contributed by atoms with van der Waals surface area (Å²) in [6.07, 6.45) is 6.74. The number of fused-ring (bicyclic) bond motifs is 1. The summed E-state index contributed by atoms with van der Waals surface area (Å²) < 4.78 is 8.22. The molecule has 0 atom stereocenters. The monoisotopic (exact) mass is 423 g/mol. The van der Waals surface area contributed by atoms with Gasteiger partial charge in [0.15, 0.2) is 0 Å². The van der Waals surface area contributed by atoms with Crippen LogP contribution in [0.15, 0.2) is 60.9 Å². The molecule has 2 aromatic heterocycles. The highest BCUT2D eigenvalue weighted by Gasteiger charge is 2.28. The lowest BCUT2D eigenvalue weighted by Crippen LogP contribution is -2.17. The van der Waals surface area contributed by atoms with Crippen LogP contribution in [0.1, 0.15) is 44.7 Å². The van der Waals surface area contributed by atoms with E-state index in [9.17, 15) is 5.26 Å². The van der Waals surface area contributed by atoms with Crippen molar-refractivity contribution in [3.8, 4) is 29.1 Å². The Bertz CT molecular complexity index is 1280. The molecule has 32 heavy (non-hydrogen) atoms. The molecule has 5 rings (SSSR count). The van der Waals surface area contributed by atoms with Gasteiger partial charge in [0.25, 0.3) is 0 Å². The second kappa shape index (κ2) is 8.35. The average molecular weight is 424 g/mol. The van der Waals surface area contributed by atoms with Gasteiger partial charge in [-0.1, -0.05) is 12.1 Å². The number of nitrogens with one attached hydrogen (secondary N) is 1. The molecule has 2 heterocycles. The van der Waals surface area contributed by atoms with Crippen LogP contribution in [0.4, 0.5) is 5.69 Å². The maximum Gasteiger partial charge on any atom is 0.321 e. The first kappa shape index (κ1) is 20.1. The molecule has 1 aliphatic rings. The molecule has 6 nitrogen and oxygen atoms in total. The van der Waals surface area contributed by atoms with Gasteiger partial charge < -0.3 is 14.6 Å². The largest absolute Gasteiger partial charge is 0.424 e. The Kier molecular flexibility index (Phi) is 5.24. The summed E-state index contributed by atoms with van der Waals surface area (Å²) in [7, 11) is 0. The van der Waals surface area contributed by atoms with Crippen molar-refractivity contribution in [2.24, 2.45) is 0 Å². The highest BCUT2D eigenvalue weighted by atomic mass is 16.5. The van der Waals surface area contributed by atoms with Crippen LogP contribution in [-0.4, -0.2) is 20.6 Å². The normalized spacial score (nSPS) is 13.7. The summed E-state index contributed by atoms with van der Waals surface area (Å²) in [6.45, 7) is 4.24. The number of nitrogens with zero attached hydrogens (tertiary/aromatic N) is 4. The van der Waals surface area contributed by atoms with Crippen molar-refractivity contribution in [3.05, 3.63) is 66.5 Å². The summed E-state index contributed by atoms with van der Waals surface area (Å²) in [5.74, 6) is 0.661. The van der Waals surface area contributed by atoms with Gasteiger partial charge in [0, 0.05) is 41.6 Å². The minimum atomic E-state index is 0.308. The number of anilines is 1. The quantitative estimate of drug-likeness (QED) is 0.393. The summed E-state index contributed by atoms with van der Waals surface area (Å²) >= 11 is 0. The number of hydrogen-bond donors (Lipinski definition) is 1. The fourth-order valence-corrected chi connectivity index (χ4v) is 4.28. The molecule has 4 aromatic rings. The maximum atomic E-state index is 10.1. The second-order valence-corrected chi connectivity index (χ2v) is 8.48. The molecule has 6 heteroatoms. The molecule has 0 aliphatic heterocycles. The molecular formula is C26H25N5O. The standard InChI is InChI=1S/C26H25N5O/c1-17(2)30-19-9-7-18(8-10-19)25-23(16-27)22-12-11-21(32-26-28-13-4-14-29-26)15-24(22)31(25)20-5-3-6-20/h4,7-15,17,20,30H,3,5-6H2,1-2H3. The number of benzene rings is 2. The van der Waals surface area contributed by atoms with E-state index in [4.69, 9.17) is 4.74 Å². The molecule has 160 valence electrons. The molecule has 1 fully saturated rings. The van der Waals surface area contributed by atoms with E-state index in [0.29, 0.717) is 29.4 Å². The molecule has 0 bridgehead atoms. The lowest BCUT2D eigenvalue weighted by Gasteiger charge is -2.30. The minimum absolute atomic E-state index is 0.308. The van der Waals surface area contributed by atoms with E-state index in [1.54, 1.807) is 18.5 Å². The van der Waals surface area contributed by atoms with Crippen molar-refractivity contribution in [1.82, 2.24) is 14.5 Å². The number of ether oxygens (including phenoxy) is 1. The highest BCUT2D eigenvalue weighted by Crippen LogP contribution is 2.43. The molecule has 0 unspecified atom stereocenters. The Balaban J connectivity index is 1.64. The fraction of sp³-hybridized carbons (Fsp3) is 0.269. The highest BCUT2D eigenvalue weighted by molar-refractivity contribution is 5.95. The van der Waals surface area contributed by atoms with Crippen molar-refractivity contribution in [3.63, 3.8) is 0 Å². The van der Waals surface area contributed by atoms with Gasteiger partial charge in [-0.15, -0.1) is 0 Å². The van der Waals surface area contributed by atoms with E-state index in [0.717, 1.165) is 40.7 Å². The third kappa shape index (κ3) is 3.67. The Hall–Kier alpha value is -3.85. The van der Waals surface area contributed by atoms with Crippen LogP contribution in [0.25, 0.3) is 22.2 Å². The minimum Gasteiger partial charge on any atom is -0.424 e. The zero-order valence-corrected chi connectivity index (χ0v) is 18.2. The van der Waals surface area contributed by atoms with Crippen molar-refractivity contribution < 1.29 is 4.74 Å². The van der Waals surface area contributed by atoms with Crippen molar-refractivity contribution in [1.29, 1.82) is 5.26 Å². The van der Waals surface area contributed by atoms with E-state index in [1.165, 1.54) is 6.42 Å². The average Bonchev–Trinajstić information content (AvgIpc) is 3.07. The van der Waals surface area contributed by atoms with Gasteiger partial charge in [-0.05, 0) is 69.0 Å². The van der Waals surface area contributed by atoms with Gasteiger partial charge in [-0.3, -0.25) is 0 Å². The van der Waals surface area contributed by atoms with Crippen LogP contribution < -0.4 is 10.1 Å². The Morgan fingerprint density at radius 2 is 1.84 bits per heavy atom. The molecule has 0 spiro atoms. The smallest absolute Gasteiger partial charge is 0.321 e. The van der Waals surface area contributed by atoms with E-state index >= 15 is 0 Å². The second-order valence-electron chi connectivity index (χ2n) is 8.48. The number of hydrogen-bond acceptors (Lipinski definition) is 5. The van der Waals surface area contributed by atoms with Gasteiger partial charge >= 0.3 is 6.01 Å². The SMILES string of the molecule is CC(C)Nc1ccc(-c2c(C#N)c3ccc(Oc4ncccn4)cc3n2C2CCC2)cc1. The van der Waals surface area contributed by atoms with Crippen LogP contribution in [0.5, 0.6) is 11.8 Å². The van der Waals surface area contributed by atoms with E-state index < -0.39 is 0 Å². The van der Waals surface area contributed by atoms with Crippen molar-refractivity contribution in [2.75, 3.05) is 5.32 Å². The molecule has 0 saturated heterocycles. The molecule has 0 amide bonds. The van der Waals surface area contributed by atoms with Gasteiger partial charge in [-0.25, -0.2) is 9.97 Å². The lowest BCUT2D eigenvalue weighted by molar-refractivity contribution is 0.324. The number of aromatic nitrogens is 3. The number of rotatable bonds is 6. The Morgan fingerprint density at radius 1 is 1.09 bits per heavy atom. The first-order valence-corrected chi connectivity index (χ1v) is 11.0. The number of nitriles is 1. The molecule has 1 aliphatic carbocycles. The zero-order chi connectivity index (χ0) is 22.1. The van der Waals surface area contributed by atoms with Crippen LogP contribution in [-0.2, 0) is 0 Å². The van der Waals surface area contributed by atoms with Crippen molar-refractivity contribution >= 4 is 16.6 Å². The molecular weight excluding hydrogens is 398 g/mol. The van der Waals surface area contributed by atoms with Crippen molar-refractivity contribution in [2.45, 2.75) is 45.2 Å². The van der Waals surface area contributed by atoms with Gasteiger partial charge in [0.2, 0.25) is 0 Å². The summed E-state index contributed by atoms with van der Waals surface area (Å²) in [6, 6.07) is 19.5. The predicted molar refractivity (Wildman–Crippen MR) is 126 cm³/mol. The third-order valence-electron chi connectivity index (χ3n) is 5.89. The topological polar surface area (TPSA) is 75.8 Å². The van der Waals surface area contributed by atoms with E-state index in [2.05, 4.69) is 64.0 Å². The third-order valence-corrected chi connectivity index (χ3v) is 5.89.